The van der Waals surface area contributed by atoms with Gasteiger partial charge in [0.25, 0.3) is 0 Å². The lowest BCUT2D eigenvalue weighted by Gasteiger charge is -1.91. The van der Waals surface area contributed by atoms with Crippen LogP contribution in [0.5, 0.6) is 0 Å². The summed E-state index contributed by atoms with van der Waals surface area (Å²) in [6.07, 6.45) is 4.74. The van der Waals surface area contributed by atoms with Gasteiger partial charge >= 0.3 is 0 Å². The van der Waals surface area contributed by atoms with Crippen molar-refractivity contribution in [2.45, 2.75) is 32.6 Å². The molecule has 6 heavy (non-hydrogen) atoms. The van der Waals surface area contributed by atoms with E-state index in [0.29, 0.717) is 5.92 Å². The Morgan fingerprint density at radius 3 is 2.50 bits per heavy atom. The van der Waals surface area contributed by atoms with E-state index in [9.17, 15) is 0 Å². The largest absolute Gasteiger partial charge is 0.0625 e. The minimum atomic E-state index is -0.558. The molecule has 1 saturated carbocycles. The van der Waals surface area contributed by atoms with Gasteiger partial charge in [-0.05, 0) is 5.92 Å². The minimum Gasteiger partial charge on any atom is -0.0625 e. The highest BCUT2D eigenvalue weighted by Gasteiger charge is 2.07. The third-order valence-corrected chi connectivity index (χ3v) is 1.40. The average Bonchev–Trinajstić information content (AvgIpc) is 2.12. The molecule has 0 nitrogen and oxygen atoms in total. The SMILES string of the molecule is [2H]C([2H])C1CCCC1. The zero-order chi connectivity index (χ0) is 5.98. The number of hydrogen-bond donors (Lipinski definition) is 0. The van der Waals surface area contributed by atoms with Gasteiger partial charge in [-0.2, -0.15) is 0 Å². The lowest BCUT2D eigenvalue weighted by molar-refractivity contribution is 0.612. The van der Waals surface area contributed by atoms with Gasteiger partial charge in [-0.15, -0.1) is 0 Å². The van der Waals surface area contributed by atoms with Crippen LogP contribution in [0.3, 0.4) is 0 Å². The second-order valence-corrected chi connectivity index (χ2v) is 2.04. The molecule has 0 amide bonds. The predicted octanol–water partition coefficient (Wildman–Crippen LogP) is 2.20. The molecule has 0 aromatic heterocycles. The Morgan fingerprint density at radius 1 is 1.50 bits per heavy atom. The molecule has 1 aliphatic rings. The van der Waals surface area contributed by atoms with Crippen molar-refractivity contribution in [3.05, 3.63) is 0 Å². The van der Waals surface area contributed by atoms with Crippen LogP contribution in [0.2, 0.25) is 0 Å². The molecule has 1 fully saturated rings. The van der Waals surface area contributed by atoms with Gasteiger partial charge in [-0.1, -0.05) is 32.6 Å². The second-order valence-electron chi connectivity index (χ2n) is 2.04. The Labute approximate surface area is 42.4 Å². The molecule has 0 radical (unpaired) electrons. The first-order valence-corrected chi connectivity index (χ1v) is 2.65. The molecule has 0 N–H and O–H groups in total. The first-order valence-electron chi connectivity index (χ1n) is 3.80. The zero-order valence-electron chi connectivity index (χ0n) is 5.98. The molecule has 1 rings (SSSR count). The molecule has 0 spiro atoms. The smallest absolute Gasteiger partial charge is 0.0233 e. The minimum absolute atomic E-state index is 0.398. The van der Waals surface area contributed by atoms with Gasteiger partial charge in [0, 0.05) is 2.74 Å². The summed E-state index contributed by atoms with van der Waals surface area (Å²) in [6.45, 7) is -0.558. The Hall–Kier alpha value is 0. The maximum Gasteiger partial charge on any atom is 0.0233 e. The van der Waals surface area contributed by atoms with Crippen molar-refractivity contribution in [1.29, 1.82) is 0 Å². The normalized spacial score (nSPS) is 30.8. The van der Waals surface area contributed by atoms with Crippen molar-refractivity contribution in [2.75, 3.05) is 0 Å². The summed E-state index contributed by atoms with van der Waals surface area (Å²) >= 11 is 0. The molecule has 0 atom stereocenters. The molecule has 0 aromatic rings. The molecule has 0 heterocycles. The highest BCUT2D eigenvalue weighted by molar-refractivity contribution is 4.60. The molecule has 0 heteroatoms. The molecule has 0 bridgehead atoms. The molecule has 36 valence electrons. The van der Waals surface area contributed by atoms with Gasteiger partial charge in [0.15, 0.2) is 0 Å². The van der Waals surface area contributed by atoms with Crippen molar-refractivity contribution in [3.63, 3.8) is 0 Å². The van der Waals surface area contributed by atoms with Gasteiger partial charge in [0.05, 0.1) is 0 Å². The summed E-state index contributed by atoms with van der Waals surface area (Å²) in [5.41, 5.74) is 0. The van der Waals surface area contributed by atoms with Crippen LogP contribution in [-0.2, 0) is 0 Å². The van der Waals surface area contributed by atoms with E-state index in [0.717, 1.165) is 12.8 Å². The van der Waals surface area contributed by atoms with E-state index >= 15 is 0 Å². The van der Waals surface area contributed by atoms with Crippen LogP contribution >= 0.6 is 0 Å². The van der Waals surface area contributed by atoms with Crippen molar-refractivity contribution in [1.82, 2.24) is 0 Å². The molecule has 0 aliphatic heterocycles. The van der Waals surface area contributed by atoms with E-state index in [1.165, 1.54) is 12.8 Å². The summed E-state index contributed by atoms with van der Waals surface area (Å²) in [4.78, 5) is 0. The molecule has 0 unspecified atom stereocenters. The van der Waals surface area contributed by atoms with E-state index in [1.807, 2.05) is 0 Å². The fourth-order valence-electron chi connectivity index (χ4n) is 0.957. The standard InChI is InChI=1S/C6H12/c1-6-4-2-3-5-6/h6H,2-5H2,1H3/i1D2. The maximum atomic E-state index is 7.04. The highest BCUT2D eigenvalue weighted by Crippen LogP contribution is 2.22. The van der Waals surface area contributed by atoms with E-state index in [2.05, 4.69) is 0 Å². The molecular weight excluding hydrogens is 72.1 g/mol. The fraction of sp³-hybridized carbons (Fsp3) is 1.00. The fourth-order valence-corrected chi connectivity index (χ4v) is 0.957. The van der Waals surface area contributed by atoms with Gasteiger partial charge < -0.3 is 0 Å². The second kappa shape index (κ2) is 1.63. The van der Waals surface area contributed by atoms with E-state index in [4.69, 9.17) is 2.74 Å². The van der Waals surface area contributed by atoms with Gasteiger partial charge in [0.2, 0.25) is 0 Å². The van der Waals surface area contributed by atoms with Crippen molar-refractivity contribution >= 4 is 0 Å². The van der Waals surface area contributed by atoms with E-state index in [1.54, 1.807) is 0 Å². The maximum absolute atomic E-state index is 7.04. The Balaban J connectivity index is 2.24. The Kier molecular flexibility index (Phi) is 0.638. The summed E-state index contributed by atoms with van der Waals surface area (Å²) in [7, 11) is 0. The van der Waals surface area contributed by atoms with Crippen LogP contribution in [0, 0.1) is 5.92 Å². The quantitative estimate of drug-likeness (QED) is 0.424. The average molecular weight is 86.2 g/mol. The third kappa shape index (κ3) is 0.735. The summed E-state index contributed by atoms with van der Waals surface area (Å²) < 4.78 is 14.1. The summed E-state index contributed by atoms with van der Waals surface area (Å²) in [6, 6.07) is 0. The first kappa shape index (κ1) is 2.34. The molecule has 1 aliphatic carbocycles. The van der Waals surface area contributed by atoms with Crippen LogP contribution in [0.1, 0.15) is 35.3 Å². The van der Waals surface area contributed by atoms with Gasteiger partial charge in [-0.3, -0.25) is 0 Å². The van der Waals surface area contributed by atoms with Crippen LogP contribution in [0.15, 0.2) is 0 Å². The lowest BCUT2D eigenvalue weighted by atomic mass is 10.2. The van der Waals surface area contributed by atoms with Gasteiger partial charge in [-0.25, -0.2) is 0 Å². The monoisotopic (exact) mass is 86.1 g/mol. The summed E-state index contributed by atoms with van der Waals surface area (Å²) in [5, 5.41) is 0. The van der Waals surface area contributed by atoms with Crippen LogP contribution in [0.4, 0.5) is 0 Å². The lowest BCUT2D eigenvalue weighted by Crippen LogP contribution is -1.78. The zero-order valence-corrected chi connectivity index (χ0v) is 3.98. The van der Waals surface area contributed by atoms with Crippen molar-refractivity contribution in [2.24, 2.45) is 5.92 Å². The number of rotatable bonds is 0. The Morgan fingerprint density at radius 2 is 2.17 bits per heavy atom. The van der Waals surface area contributed by atoms with Crippen LogP contribution in [-0.4, -0.2) is 0 Å². The van der Waals surface area contributed by atoms with Gasteiger partial charge in [0.1, 0.15) is 0 Å². The van der Waals surface area contributed by atoms with Crippen LogP contribution < -0.4 is 0 Å². The topological polar surface area (TPSA) is 0 Å². The van der Waals surface area contributed by atoms with Crippen molar-refractivity contribution in [3.8, 4) is 0 Å². The highest BCUT2D eigenvalue weighted by atomic mass is 14.1. The predicted molar refractivity (Wildman–Crippen MR) is 27.6 cm³/mol. The first-order chi connectivity index (χ1) is 3.80. The molecule has 0 saturated heterocycles. The van der Waals surface area contributed by atoms with Crippen molar-refractivity contribution < 1.29 is 2.74 Å². The number of hydrogen-bond acceptors (Lipinski definition) is 0. The third-order valence-electron chi connectivity index (χ3n) is 1.40. The van der Waals surface area contributed by atoms with Crippen LogP contribution in [0.25, 0.3) is 0 Å². The molecular formula is C6H12. The summed E-state index contributed by atoms with van der Waals surface area (Å²) in [5.74, 6) is 0.398. The van der Waals surface area contributed by atoms with E-state index in [-0.39, 0.29) is 0 Å². The van der Waals surface area contributed by atoms with E-state index < -0.39 is 6.88 Å². The molecule has 0 aromatic carbocycles. The Bertz CT molecular complexity index is 64.9.